The van der Waals surface area contributed by atoms with Crippen molar-refractivity contribution in [3.63, 3.8) is 0 Å². The van der Waals surface area contributed by atoms with Gasteiger partial charge in [-0.15, -0.1) is 0 Å². The molecule has 2 N–H and O–H groups in total. The van der Waals surface area contributed by atoms with Gasteiger partial charge in [0.25, 0.3) is 0 Å². The van der Waals surface area contributed by atoms with E-state index in [9.17, 15) is 0 Å². The molecule has 0 spiro atoms. The summed E-state index contributed by atoms with van der Waals surface area (Å²) < 4.78 is 5.95. The molecule has 2 rings (SSSR count). The van der Waals surface area contributed by atoms with Gasteiger partial charge in [-0.25, -0.2) is 4.98 Å². The molecule has 1 heterocycles. The smallest absolute Gasteiger partial charge is 0.222 e. The van der Waals surface area contributed by atoms with Crippen molar-refractivity contribution >= 4 is 5.82 Å². The third-order valence-corrected chi connectivity index (χ3v) is 3.25. The zero-order valence-corrected chi connectivity index (χ0v) is 10.9. The number of ether oxygens (including phenoxy) is 1. The highest BCUT2D eigenvalue weighted by molar-refractivity contribution is 5.44. The molecular formula is C13H21N3O. The fourth-order valence-corrected chi connectivity index (χ4v) is 2.07. The van der Waals surface area contributed by atoms with Gasteiger partial charge in [-0.2, -0.15) is 4.98 Å². The first-order valence-electron chi connectivity index (χ1n) is 6.38. The number of rotatable bonds is 3. The van der Waals surface area contributed by atoms with Gasteiger partial charge >= 0.3 is 0 Å². The van der Waals surface area contributed by atoms with Crippen molar-refractivity contribution in [1.82, 2.24) is 9.97 Å². The van der Waals surface area contributed by atoms with Crippen molar-refractivity contribution in [1.29, 1.82) is 0 Å². The van der Waals surface area contributed by atoms with Crippen LogP contribution in [-0.2, 0) is 0 Å². The van der Waals surface area contributed by atoms with Crippen LogP contribution in [0.5, 0.6) is 5.88 Å². The van der Waals surface area contributed by atoms with Gasteiger partial charge in [0.1, 0.15) is 17.7 Å². The molecule has 0 saturated heterocycles. The second kappa shape index (κ2) is 4.90. The van der Waals surface area contributed by atoms with Crippen LogP contribution < -0.4 is 10.5 Å². The molecule has 0 aromatic carbocycles. The van der Waals surface area contributed by atoms with Gasteiger partial charge in [0.2, 0.25) is 5.88 Å². The summed E-state index contributed by atoms with van der Waals surface area (Å²) in [5.41, 5.74) is 6.76. The Morgan fingerprint density at radius 3 is 2.47 bits per heavy atom. The minimum atomic E-state index is 0.267. The maximum absolute atomic E-state index is 5.95. The molecular weight excluding hydrogens is 214 g/mol. The molecule has 1 aromatic heterocycles. The maximum atomic E-state index is 5.95. The highest BCUT2D eigenvalue weighted by atomic mass is 16.5. The molecule has 0 amide bonds. The highest BCUT2D eigenvalue weighted by Gasteiger charge is 2.20. The van der Waals surface area contributed by atoms with Crippen LogP contribution in [0.1, 0.15) is 56.8 Å². The Bertz CT molecular complexity index is 398. The highest BCUT2D eigenvalue weighted by Crippen LogP contribution is 2.28. The minimum Gasteiger partial charge on any atom is -0.474 e. The van der Waals surface area contributed by atoms with Crippen molar-refractivity contribution < 1.29 is 4.74 Å². The van der Waals surface area contributed by atoms with Crippen molar-refractivity contribution in [2.75, 3.05) is 5.73 Å². The van der Waals surface area contributed by atoms with E-state index in [1.807, 2.05) is 6.92 Å². The summed E-state index contributed by atoms with van der Waals surface area (Å²) >= 11 is 0. The van der Waals surface area contributed by atoms with Crippen molar-refractivity contribution in [3.8, 4) is 5.88 Å². The Labute approximate surface area is 103 Å². The summed E-state index contributed by atoms with van der Waals surface area (Å²) in [7, 11) is 0. The van der Waals surface area contributed by atoms with Gasteiger partial charge < -0.3 is 10.5 Å². The molecule has 0 radical (unpaired) electrons. The van der Waals surface area contributed by atoms with Crippen LogP contribution in [0.3, 0.4) is 0 Å². The van der Waals surface area contributed by atoms with Crippen LogP contribution in [0.25, 0.3) is 0 Å². The van der Waals surface area contributed by atoms with Gasteiger partial charge in [-0.05, 0) is 32.6 Å². The molecule has 4 nitrogen and oxygen atoms in total. The Morgan fingerprint density at radius 2 is 1.88 bits per heavy atom. The van der Waals surface area contributed by atoms with E-state index >= 15 is 0 Å². The topological polar surface area (TPSA) is 61.0 Å². The monoisotopic (exact) mass is 235 g/mol. The minimum absolute atomic E-state index is 0.267. The summed E-state index contributed by atoms with van der Waals surface area (Å²) in [6, 6.07) is 0. The number of hydrogen-bond donors (Lipinski definition) is 1. The van der Waals surface area contributed by atoms with E-state index < -0.39 is 0 Å². The molecule has 0 bridgehead atoms. The second-order valence-corrected chi connectivity index (χ2v) is 5.08. The predicted molar refractivity (Wildman–Crippen MR) is 68.2 cm³/mol. The van der Waals surface area contributed by atoms with Gasteiger partial charge in [0.05, 0.1) is 5.56 Å². The van der Waals surface area contributed by atoms with Crippen LogP contribution in [0.4, 0.5) is 5.82 Å². The zero-order chi connectivity index (χ0) is 12.4. The van der Waals surface area contributed by atoms with Gasteiger partial charge in [0, 0.05) is 5.92 Å². The number of nitrogens with two attached hydrogens (primary N) is 1. The fourth-order valence-electron chi connectivity index (χ4n) is 2.07. The van der Waals surface area contributed by atoms with Crippen LogP contribution >= 0.6 is 0 Å². The van der Waals surface area contributed by atoms with E-state index in [0.717, 1.165) is 24.2 Å². The first-order chi connectivity index (χ1) is 8.08. The van der Waals surface area contributed by atoms with E-state index in [1.165, 1.54) is 12.8 Å². The lowest BCUT2D eigenvalue weighted by molar-refractivity contribution is 0.199. The lowest BCUT2D eigenvalue weighted by atomic mass is 10.2. The number of nitrogen functional groups attached to an aromatic ring is 1. The number of anilines is 1. The summed E-state index contributed by atoms with van der Waals surface area (Å²) in [5.74, 6) is 2.25. The second-order valence-electron chi connectivity index (χ2n) is 5.08. The van der Waals surface area contributed by atoms with E-state index in [4.69, 9.17) is 10.5 Å². The summed E-state index contributed by atoms with van der Waals surface area (Å²) in [6.45, 7) is 6.04. The lowest BCUT2D eigenvalue weighted by Gasteiger charge is -2.16. The van der Waals surface area contributed by atoms with E-state index in [0.29, 0.717) is 17.8 Å². The Hall–Kier alpha value is -1.32. The van der Waals surface area contributed by atoms with Crippen molar-refractivity contribution in [3.05, 3.63) is 11.4 Å². The molecule has 1 aromatic rings. The first-order valence-corrected chi connectivity index (χ1v) is 6.38. The summed E-state index contributed by atoms with van der Waals surface area (Å²) in [4.78, 5) is 8.78. The molecule has 0 aliphatic heterocycles. The first kappa shape index (κ1) is 12.1. The predicted octanol–water partition coefficient (Wildman–Crippen LogP) is 2.81. The molecule has 0 unspecified atom stereocenters. The Morgan fingerprint density at radius 1 is 1.24 bits per heavy atom. The Balaban J connectivity index is 2.24. The van der Waals surface area contributed by atoms with Crippen LogP contribution in [0, 0.1) is 6.92 Å². The maximum Gasteiger partial charge on any atom is 0.222 e. The van der Waals surface area contributed by atoms with Gasteiger partial charge in [0.15, 0.2) is 0 Å². The average molecular weight is 235 g/mol. The van der Waals surface area contributed by atoms with Gasteiger partial charge in [-0.3, -0.25) is 0 Å². The van der Waals surface area contributed by atoms with Gasteiger partial charge in [-0.1, -0.05) is 13.8 Å². The fraction of sp³-hybridized carbons (Fsp3) is 0.692. The molecule has 94 valence electrons. The van der Waals surface area contributed by atoms with E-state index in [1.54, 1.807) is 0 Å². The molecule has 1 fully saturated rings. The number of hydrogen-bond acceptors (Lipinski definition) is 4. The summed E-state index contributed by atoms with van der Waals surface area (Å²) in [5, 5.41) is 0. The largest absolute Gasteiger partial charge is 0.474 e. The van der Waals surface area contributed by atoms with Crippen LogP contribution in [0.15, 0.2) is 0 Å². The number of nitrogens with zero attached hydrogens (tertiary/aromatic N) is 2. The van der Waals surface area contributed by atoms with Crippen LogP contribution in [-0.4, -0.2) is 16.1 Å². The van der Waals surface area contributed by atoms with Crippen LogP contribution in [0.2, 0.25) is 0 Å². The van der Waals surface area contributed by atoms with E-state index in [-0.39, 0.29) is 5.92 Å². The standard InChI is InChI=1S/C13H21N3O/c1-8(2)12-15-11(14)9(3)13(16-12)17-10-6-4-5-7-10/h8,10H,4-7H2,1-3H3,(H2,14,15,16). The third-order valence-electron chi connectivity index (χ3n) is 3.25. The molecule has 1 aliphatic rings. The average Bonchev–Trinajstić information content (AvgIpc) is 2.77. The quantitative estimate of drug-likeness (QED) is 0.875. The van der Waals surface area contributed by atoms with Crippen molar-refractivity contribution in [2.24, 2.45) is 0 Å². The van der Waals surface area contributed by atoms with Crippen molar-refractivity contribution in [2.45, 2.75) is 58.5 Å². The molecule has 17 heavy (non-hydrogen) atoms. The number of aromatic nitrogens is 2. The van der Waals surface area contributed by atoms with E-state index in [2.05, 4.69) is 23.8 Å². The lowest BCUT2D eigenvalue weighted by Crippen LogP contribution is -2.15. The zero-order valence-electron chi connectivity index (χ0n) is 10.9. The SMILES string of the molecule is Cc1c(N)nc(C(C)C)nc1OC1CCCC1. The third kappa shape index (κ3) is 2.68. The molecule has 1 saturated carbocycles. The normalized spacial score (nSPS) is 16.7. The Kier molecular flexibility index (Phi) is 3.50. The summed E-state index contributed by atoms with van der Waals surface area (Å²) in [6.07, 6.45) is 5.06. The molecule has 1 aliphatic carbocycles. The molecule has 4 heteroatoms. The molecule has 0 atom stereocenters.